The van der Waals surface area contributed by atoms with Crippen LogP contribution in [0.5, 0.6) is 11.6 Å². The van der Waals surface area contributed by atoms with Gasteiger partial charge in [-0.25, -0.2) is 9.89 Å². The molecule has 3 aromatic rings. The average molecular weight is 451 g/mol. The minimum Gasteiger partial charge on any atom is -0.434 e. The Kier molecular flexibility index (Phi) is 5.12. The van der Waals surface area contributed by atoms with Gasteiger partial charge in [-0.3, -0.25) is 14.6 Å². The predicted octanol–water partition coefficient (Wildman–Crippen LogP) is 2.20. The van der Waals surface area contributed by atoms with Crippen molar-refractivity contribution in [1.82, 2.24) is 25.0 Å². The Morgan fingerprint density at radius 1 is 1.13 bits per heavy atom. The van der Waals surface area contributed by atoms with Crippen molar-refractivity contribution in [2.75, 3.05) is 5.73 Å². The van der Waals surface area contributed by atoms with Crippen LogP contribution in [-0.4, -0.2) is 25.0 Å². The molecule has 0 aliphatic heterocycles. The van der Waals surface area contributed by atoms with Crippen LogP contribution in [-0.2, 0) is 0 Å². The fourth-order valence-corrected chi connectivity index (χ4v) is 3.87. The van der Waals surface area contributed by atoms with Gasteiger partial charge < -0.3 is 10.5 Å². The number of nitrogens with one attached hydrogen (secondary N) is 2. The number of halogens is 2. The number of benzene rings is 1. The molecule has 4 N–H and O–H groups in total. The summed E-state index contributed by atoms with van der Waals surface area (Å²) in [5.74, 6) is 0.375. The first-order chi connectivity index (χ1) is 14.2. The Bertz CT molecular complexity index is 1290. The number of ether oxygens (including phenoxy) is 1. The quantitative estimate of drug-likeness (QED) is 0.551. The first-order valence-electron chi connectivity index (χ1n) is 9.00. The lowest BCUT2D eigenvalue weighted by Crippen LogP contribution is -2.33. The van der Waals surface area contributed by atoms with E-state index in [0.717, 1.165) is 17.5 Å². The highest BCUT2D eigenvalue weighted by atomic mass is 35.5. The number of aromatic nitrogens is 5. The molecule has 1 aliphatic rings. The molecule has 2 heterocycles. The molecule has 4 rings (SSSR count). The molecule has 1 fully saturated rings. The molecule has 30 heavy (non-hydrogen) atoms. The SMILES string of the molecule is CC1CCC1c1cc(Oc2c(Cl)cc(-n3nc(N)c(=O)[nH]c3=O)cc2Cl)n[nH]c1=O. The molecule has 0 spiro atoms. The van der Waals surface area contributed by atoms with Crippen LogP contribution in [0.2, 0.25) is 10.0 Å². The van der Waals surface area contributed by atoms with Crippen molar-refractivity contribution in [2.24, 2.45) is 5.92 Å². The standard InChI is InChI=1S/C18H16Cl2N6O4/c1-7-2-3-9(7)10-6-13(23-24-16(10)27)30-14-11(19)4-8(5-12(14)20)26-18(29)22-17(28)15(21)25-26/h4-7,9H,2-3H2,1H3,(H2,21,25)(H,24,27)(H,22,28,29). The molecule has 0 bridgehead atoms. The summed E-state index contributed by atoms with van der Waals surface area (Å²) in [5.41, 5.74) is 4.38. The maximum Gasteiger partial charge on any atom is 0.349 e. The molecule has 1 aromatic carbocycles. The van der Waals surface area contributed by atoms with Gasteiger partial charge in [-0.1, -0.05) is 30.1 Å². The van der Waals surface area contributed by atoms with Gasteiger partial charge in [0.15, 0.2) is 5.75 Å². The second kappa shape index (κ2) is 7.62. The Labute approximate surface area is 178 Å². The summed E-state index contributed by atoms with van der Waals surface area (Å²) in [7, 11) is 0. The van der Waals surface area contributed by atoms with Crippen LogP contribution in [0.3, 0.4) is 0 Å². The number of hydrogen-bond acceptors (Lipinski definition) is 7. The zero-order valence-corrected chi connectivity index (χ0v) is 17.1. The van der Waals surface area contributed by atoms with Crippen molar-refractivity contribution < 1.29 is 4.74 Å². The van der Waals surface area contributed by atoms with E-state index in [0.29, 0.717) is 11.5 Å². The molecule has 12 heteroatoms. The number of hydrogen-bond donors (Lipinski definition) is 3. The highest BCUT2D eigenvalue weighted by Crippen LogP contribution is 2.42. The first-order valence-corrected chi connectivity index (χ1v) is 9.76. The fourth-order valence-electron chi connectivity index (χ4n) is 3.32. The van der Waals surface area contributed by atoms with E-state index in [1.54, 1.807) is 6.07 Å². The van der Waals surface area contributed by atoms with Gasteiger partial charge in [-0.05, 0) is 36.8 Å². The third-order valence-electron chi connectivity index (χ3n) is 5.12. The second-order valence-electron chi connectivity index (χ2n) is 7.05. The molecule has 2 aromatic heterocycles. The topological polar surface area (TPSA) is 149 Å². The number of nitrogens with two attached hydrogens (primary N) is 1. The normalized spacial score (nSPS) is 18.1. The molecule has 0 amide bonds. The Morgan fingerprint density at radius 3 is 2.43 bits per heavy atom. The van der Waals surface area contributed by atoms with E-state index in [-0.39, 0.29) is 38.8 Å². The number of nitrogen functional groups attached to an aromatic ring is 1. The van der Waals surface area contributed by atoms with Gasteiger partial charge in [-0.2, -0.15) is 4.68 Å². The molecule has 1 saturated carbocycles. The lowest BCUT2D eigenvalue weighted by molar-refractivity contribution is 0.277. The predicted molar refractivity (Wildman–Crippen MR) is 111 cm³/mol. The van der Waals surface area contributed by atoms with Crippen LogP contribution in [0.15, 0.2) is 32.6 Å². The number of anilines is 1. The van der Waals surface area contributed by atoms with Gasteiger partial charge in [0.05, 0.1) is 15.7 Å². The summed E-state index contributed by atoms with van der Waals surface area (Å²) in [5, 5.41) is 10.2. The zero-order valence-electron chi connectivity index (χ0n) is 15.6. The Morgan fingerprint density at radius 2 is 1.83 bits per heavy atom. The van der Waals surface area contributed by atoms with Crippen LogP contribution in [0.25, 0.3) is 5.69 Å². The molecule has 1 aliphatic carbocycles. The number of H-pyrrole nitrogens is 2. The molecule has 10 nitrogen and oxygen atoms in total. The zero-order chi connectivity index (χ0) is 21.6. The molecular weight excluding hydrogens is 435 g/mol. The number of rotatable bonds is 4. The Hall–Kier alpha value is -3.11. The maximum atomic E-state index is 12.1. The van der Waals surface area contributed by atoms with Crippen molar-refractivity contribution in [2.45, 2.75) is 25.7 Å². The molecule has 2 atom stereocenters. The minimum absolute atomic E-state index is 0.0579. The lowest BCUT2D eigenvalue weighted by Gasteiger charge is -2.33. The van der Waals surface area contributed by atoms with Crippen LogP contribution in [0.4, 0.5) is 5.82 Å². The van der Waals surface area contributed by atoms with Crippen LogP contribution >= 0.6 is 23.2 Å². The van der Waals surface area contributed by atoms with Gasteiger partial charge in [0.1, 0.15) is 0 Å². The van der Waals surface area contributed by atoms with E-state index in [1.165, 1.54) is 12.1 Å². The van der Waals surface area contributed by atoms with Gasteiger partial charge in [0.25, 0.3) is 11.1 Å². The van der Waals surface area contributed by atoms with E-state index in [2.05, 4.69) is 22.2 Å². The molecule has 0 radical (unpaired) electrons. The van der Waals surface area contributed by atoms with E-state index < -0.39 is 17.1 Å². The monoisotopic (exact) mass is 450 g/mol. The van der Waals surface area contributed by atoms with Crippen molar-refractivity contribution in [3.63, 3.8) is 0 Å². The van der Waals surface area contributed by atoms with E-state index in [1.807, 2.05) is 4.98 Å². The summed E-state index contributed by atoms with van der Waals surface area (Å²) in [6.45, 7) is 2.08. The summed E-state index contributed by atoms with van der Waals surface area (Å²) in [6.07, 6.45) is 1.98. The highest BCUT2D eigenvalue weighted by Gasteiger charge is 2.31. The summed E-state index contributed by atoms with van der Waals surface area (Å²) in [6, 6.07) is 4.32. The molecule has 156 valence electrons. The van der Waals surface area contributed by atoms with Gasteiger partial charge >= 0.3 is 5.69 Å². The van der Waals surface area contributed by atoms with Crippen molar-refractivity contribution >= 4 is 29.0 Å². The number of nitrogens with zero attached hydrogens (tertiary/aromatic N) is 3. The van der Waals surface area contributed by atoms with Crippen LogP contribution in [0.1, 0.15) is 31.2 Å². The largest absolute Gasteiger partial charge is 0.434 e. The summed E-state index contributed by atoms with van der Waals surface area (Å²) < 4.78 is 6.57. The highest BCUT2D eigenvalue weighted by molar-refractivity contribution is 6.37. The van der Waals surface area contributed by atoms with E-state index in [9.17, 15) is 14.4 Å². The van der Waals surface area contributed by atoms with Crippen molar-refractivity contribution in [3.8, 4) is 17.3 Å². The third-order valence-corrected chi connectivity index (χ3v) is 5.68. The molecule has 2 unspecified atom stereocenters. The lowest BCUT2D eigenvalue weighted by atomic mass is 9.71. The van der Waals surface area contributed by atoms with E-state index in [4.69, 9.17) is 33.7 Å². The molecular formula is C18H16Cl2N6O4. The second-order valence-corrected chi connectivity index (χ2v) is 7.86. The average Bonchev–Trinajstić information content (AvgIpc) is 2.68. The number of aromatic amines is 2. The van der Waals surface area contributed by atoms with E-state index >= 15 is 0 Å². The maximum absolute atomic E-state index is 12.1. The Balaban J connectivity index is 1.69. The van der Waals surface area contributed by atoms with Gasteiger partial charge in [0, 0.05) is 11.6 Å². The third kappa shape index (κ3) is 3.59. The fraction of sp³-hybridized carbons (Fsp3) is 0.278. The van der Waals surface area contributed by atoms with Crippen LogP contribution < -0.4 is 27.3 Å². The minimum atomic E-state index is -0.809. The summed E-state index contributed by atoms with van der Waals surface area (Å²) in [4.78, 5) is 37.6. The smallest absolute Gasteiger partial charge is 0.349 e. The van der Waals surface area contributed by atoms with Gasteiger partial charge in [-0.15, -0.1) is 10.2 Å². The summed E-state index contributed by atoms with van der Waals surface area (Å²) >= 11 is 12.6. The first kappa shape index (κ1) is 20.2. The van der Waals surface area contributed by atoms with Gasteiger partial charge in [0.2, 0.25) is 11.7 Å². The van der Waals surface area contributed by atoms with Crippen molar-refractivity contribution in [3.05, 3.63) is 65.0 Å². The van der Waals surface area contributed by atoms with Crippen molar-refractivity contribution in [1.29, 1.82) is 0 Å². The van der Waals surface area contributed by atoms with Crippen LogP contribution in [0, 0.1) is 5.92 Å². The molecule has 0 saturated heterocycles.